The van der Waals surface area contributed by atoms with E-state index in [0.29, 0.717) is 23.8 Å². The largest absolute Gasteiger partial charge is 0.445 e. The molecule has 0 unspecified atom stereocenters. The Kier molecular flexibility index (Phi) is 4.08. The highest BCUT2D eigenvalue weighted by Gasteiger charge is 2.33. The van der Waals surface area contributed by atoms with Crippen molar-refractivity contribution < 1.29 is 12.8 Å². The Labute approximate surface area is 143 Å². The molecule has 1 aliphatic rings. The number of oxazole rings is 1. The number of hydrogen-bond acceptors (Lipinski definition) is 4. The summed E-state index contributed by atoms with van der Waals surface area (Å²) < 4.78 is 33.2. The number of benzene rings is 1. The maximum absolute atomic E-state index is 12.9. The van der Waals surface area contributed by atoms with Crippen LogP contribution in [0.3, 0.4) is 0 Å². The van der Waals surface area contributed by atoms with Crippen LogP contribution in [-0.2, 0) is 28.4 Å². The summed E-state index contributed by atoms with van der Waals surface area (Å²) >= 11 is 0. The predicted molar refractivity (Wildman–Crippen MR) is 92.4 cm³/mol. The lowest BCUT2D eigenvalue weighted by atomic mass is 9.97. The molecule has 0 radical (unpaired) electrons. The van der Waals surface area contributed by atoms with E-state index in [-0.39, 0.29) is 12.0 Å². The quantitative estimate of drug-likeness (QED) is 0.835. The number of aromatic nitrogens is 1. The van der Waals surface area contributed by atoms with E-state index in [2.05, 4.69) is 4.98 Å². The van der Waals surface area contributed by atoms with Crippen LogP contribution in [0.2, 0.25) is 0 Å². The minimum Gasteiger partial charge on any atom is -0.445 e. The van der Waals surface area contributed by atoms with E-state index >= 15 is 0 Å². The summed E-state index contributed by atoms with van der Waals surface area (Å²) in [5.74, 6) is 1.48. The van der Waals surface area contributed by atoms with E-state index in [1.165, 1.54) is 4.31 Å². The summed E-state index contributed by atoms with van der Waals surface area (Å²) in [6.07, 6.45) is 0.558. The third kappa shape index (κ3) is 3.00. The van der Waals surface area contributed by atoms with Crippen LogP contribution in [0, 0.1) is 13.8 Å². The van der Waals surface area contributed by atoms with Gasteiger partial charge in [-0.1, -0.05) is 26.8 Å². The molecule has 0 saturated carbocycles. The van der Waals surface area contributed by atoms with Crippen LogP contribution in [0.15, 0.2) is 27.5 Å². The monoisotopic (exact) mass is 348 g/mol. The number of hydrogen-bond donors (Lipinski definition) is 0. The number of fused-ring (bicyclic) bond motifs is 1. The SMILES string of the molecule is Cc1ccc(S(=O)(=O)N2CCc3oc(C(C)(C)C)nc3C2)cc1C. The number of sulfonamides is 1. The molecule has 6 heteroatoms. The highest BCUT2D eigenvalue weighted by molar-refractivity contribution is 7.89. The average molecular weight is 348 g/mol. The van der Waals surface area contributed by atoms with Gasteiger partial charge in [-0.15, -0.1) is 0 Å². The van der Waals surface area contributed by atoms with Gasteiger partial charge in [0.05, 0.1) is 17.1 Å². The van der Waals surface area contributed by atoms with Crippen LogP contribution in [0.4, 0.5) is 0 Å². The van der Waals surface area contributed by atoms with Gasteiger partial charge in [0.1, 0.15) is 5.76 Å². The van der Waals surface area contributed by atoms with Crippen LogP contribution in [0.1, 0.15) is 49.2 Å². The lowest BCUT2D eigenvalue weighted by Gasteiger charge is -2.25. The fourth-order valence-corrected chi connectivity index (χ4v) is 4.21. The Morgan fingerprint density at radius 2 is 1.88 bits per heavy atom. The fraction of sp³-hybridized carbons (Fsp3) is 0.500. The molecule has 2 heterocycles. The summed E-state index contributed by atoms with van der Waals surface area (Å²) in [5, 5.41) is 0. The smallest absolute Gasteiger partial charge is 0.243 e. The van der Waals surface area contributed by atoms with Gasteiger partial charge in [-0.25, -0.2) is 13.4 Å². The fourth-order valence-electron chi connectivity index (χ4n) is 2.72. The molecule has 5 nitrogen and oxygen atoms in total. The van der Waals surface area contributed by atoms with Crippen LogP contribution < -0.4 is 0 Å². The molecule has 1 aliphatic heterocycles. The van der Waals surface area contributed by atoms with Gasteiger partial charge in [-0.3, -0.25) is 0 Å². The lowest BCUT2D eigenvalue weighted by molar-refractivity contribution is 0.338. The first-order valence-electron chi connectivity index (χ1n) is 8.15. The molecule has 0 bridgehead atoms. The Hall–Kier alpha value is -1.66. The minimum atomic E-state index is -3.52. The lowest BCUT2D eigenvalue weighted by Crippen LogP contribution is -2.35. The zero-order chi connectivity index (χ0) is 17.7. The van der Waals surface area contributed by atoms with E-state index in [4.69, 9.17) is 4.42 Å². The molecule has 2 aromatic rings. The molecule has 0 amide bonds. The maximum Gasteiger partial charge on any atom is 0.243 e. The zero-order valence-electron chi connectivity index (χ0n) is 14.9. The first-order valence-corrected chi connectivity index (χ1v) is 9.59. The van der Waals surface area contributed by atoms with Crippen molar-refractivity contribution in [1.82, 2.24) is 9.29 Å². The van der Waals surface area contributed by atoms with Gasteiger partial charge in [-0.2, -0.15) is 4.31 Å². The molecule has 0 spiro atoms. The van der Waals surface area contributed by atoms with Gasteiger partial charge in [0.2, 0.25) is 10.0 Å². The van der Waals surface area contributed by atoms with Crippen molar-refractivity contribution in [2.24, 2.45) is 0 Å². The highest BCUT2D eigenvalue weighted by Crippen LogP contribution is 2.30. The number of aryl methyl sites for hydroxylation is 2. The topological polar surface area (TPSA) is 63.4 Å². The van der Waals surface area contributed by atoms with Crippen molar-refractivity contribution in [3.8, 4) is 0 Å². The van der Waals surface area contributed by atoms with E-state index in [9.17, 15) is 8.42 Å². The summed E-state index contributed by atoms with van der Waals surface area (Å²) in [6, 6.07) is 5.27. The van der Waals surface area contributed by atoms with Crippen molar-refractivity contribution in [2.45, 2.75) is 57.9 Å². The molecule has 1 aromatic carbocycles. The summed E-state index contributed by atoms with van der Waals surface area (Å²) in [6.45, 7) is 10.7. The predicted octanol–water partition coefficient (Wildman–Crippen LogP) is 3.34. The Balaban J connectivity index is 1.91. The molecule has 1 aromatic heterocycles. The van der Waals surface area contributed by atoms with Crippen LogP contribution >= 0.6 is 0 Å². The van der Waals surface area contributed by atoms with Crippen molar-refractivity contribution in [3.63, 3.8) is 0 Å². The van der Waals surface area contributed by atoms with Gasteiger partial charge >= 0.3 is 0 Å². The van der Waals surface area contributed by atoms with Crippen LogP contribution in [0.5, 0.6) is 0 Å². The molecule has 0 N–H and O–H groups in total. The summed E-state index contributed by atoms with van der Waals surface area (Å²) in [7, 11) is -3.52. The molecule has 24 heavy (non-hydrogen) atoms. The maximum atomic E-state index is 12.9. The molecule has 0 fully saturated rings. The van der Waals surface area contributed by atoms with E-state index in [1.807, 2.05) is 40.7 Å². The number of rotatable bonds is 2. The Morgan fingerprint density at radius 3 is 2.50 bits per heavy atom. The van der Waals surface area contributed by atoms with E-state index in [0.717, 1.165) is 22.6 Å². The van der Waals surface area contributed by atoms with Gasteiger partial charge in [0.15, 0.2) is 5.89 Å². The normalized spacial score (nSPS) is 16.2. The summed E-state index contributed by atoms with van der Waals surface area (Å²) in [5.41, 5.74) is 2.61. The standard InChI is InChI=1S/C18H24N2O3S/c1-12-6-7-14(10-13(12)2)24(21,22)20-9-8-16-15(11-20)19-17(23-16)18(3,4)5/h6-7,10H,8-9,11H2,1-5H3. The van der Waals surface area contributed by atoms with E-state index < -0.39 is 10.0 Å². The molecule has 3 rings (SSSR count). The van der Waals surface area contributed by atoms with Crippen LogP contribution in [-0.4, -0.2) is 24.3 Å². The molecular formula is C18H24N2O3S. The molecule has 130 valence electrons. The van der Waals surface area contributed by atoms with Crippen molar-refractivity contribution in [3.05, 3.63) is 46.7 Å². The Bertz CT molecular complexity index is 876. The van der Waals surface area contributed by atoms with E-state index in [1.54, 1.807) is 12.1 Å². The van der Waals surface area contributed by atoms with Crippen molar-refractivity contribution in [1.29, 1.82) is 0 Å². The molecule has 0 atom stereocenters. The minimum absolute atomic E-state index is 0.185. The van der Waals surface area contributed by atoms with Gasteiger partial charge in [0.25, 0.3) is 0 Å². The second-order valence-corrected chi connectivity index (χ2v) is 9.41. The second kappa shape index (κ2) is 5.70. The first kappa shape index (κ1) is 17.2. The van der Waals surface area contributed by atoms with Crippen molar-refractivity contribution in [2.75, 3.05) is 6.54 Å². The first-order chi connectivity index (χ1) is 11.1. The van der Waals surface area contributed by atoms with Crippen molar-refractivity contribution >= 4 is 10.0 Å². The summed E-state index contributed by atoms with van der Waals surface area (Å²) in [4.78, 5) is 4.88. The third-order valence-corrected chi connectivity index (χ3v) is 6.29. The Morgan fingerprint density at radius 1 is 1.17 bits per heavy atom. The molecular weight excluding hydrogens is 324 g/mol. The molecule has 0 saturated heterocycles. The third-order valence-electron chi connectivity index (χ3n) is 4.45. The zero-order valence-corrected chi connectivity index (χ0v) is 15.7. The van der Waals surface area contributed by atoms with Gasteiger partial charge < -0.3 is 4.42 Å². The number of nitrogens with zero attached hydrogens (tertiary/aromatic N) is 2. The second-order valence-electron chi connectivity index (χ2n) is 7.47. The van der Waals surface area contributed by atoms with Gasteiger partial charge in [-0.05, 0) is 37.1 Å². The van der Waals surface area contributed by atoms with Crippen LogP contribution in [0.25, 0.3) is 0 Å². The molecule has 0 aliphatic carbocycles. The average Bonchev–Trinajstić information content (AvgIpc) is 2.93. The van der Waals surface area contributed by atoms with Gasteiger partial charge in [0, 0.05) is 18.4 Å². The highest BCUT2D eigenvalue weighted by atomic mass is 32.2.